The highest BCUT2D eigenvalue weighted by atomic mass is 35.5. The molecule has 15 heavy (non-hydrogen) atoms. The van der Waals surface area contributed by atoms with Crippen LogP contribution in [0.3, 0.4) is 0 Å². The maximum atomic E-state index is 5.87. The summed E-state index contributed by atoms with van der Waals surface area (Å²) in [5, 5.41) is 3.93. The molecule has 0 saturated carbocycles. The van der Waals surface area contributed by atoms with Crippen molar-refractivity contribution in [3.05, 3.63) is 53.4 Å². The molecule has 3 nitrogen and oxygen atoms in total. The molecule has 0 fully saturated rings. The van der Waals surface area contributed by atoms with Gasteiger partial charge < -0.3 is 5.32 Å². The van der Waals surface area contributed by atoms with Crippen LogP contribution in [0, 0.1) is 0 Å². The van der Waals surface area contributed by atoms with Gasteiger partial charge in [-0.1, -0.05) is 23.7 Å². The van der Waals surface area contributed by atoms with E-state index in [2.05, 4.69) is 15.3 Å². The fraction of sp³-hybridized carbons (Fsp3) is 0.0909. The third kappa shape index (κ3) is 2.92. The number of anilines is 1. The van der Waals surface area contributed by atoms with Crippen LogP contribution in [0.25, 0.3) is 0 Å². The fourth-order valence-corrected chi connectivity index (χ4v) is 1.45. The lowest BCUT2D eigenvalue weighted by Crippen LogP contribution is -2.00. The third-order valence-electron chi connectivity index (χ3n) is 1.94. The number of benzene rings is 1. The smallest absolute Gasteiger partial charge is 0.129 e. The Bertz CT molecular complexity index is 431. The third-order valence-corrected chi connectivity index (χ3v) is 2.18. The van der Waals surface area contributed by atoms with Crippen LogP contribution in [-0.4, -0.2) is 9.97 Å². The number of nitrogens with zero attached hydrogens (tertiary/aromatic N) is 2. The van der Waals surface area contributed by atoms with E-state index >= 15 is 0 Å². The molecule has 1 aromatic carbocycles. The van der Waals surface area contributed by atoms with E-state index in [4.69, 9.17) is 11.6 Å². The summed E-state index contributed by atoms with van der Waals surface area (Å²) in [6.45, 7) is 0.706. The molecule has 0 spiro atoms. The molecule has 0 aliphatic rings. The van der Waals surface area contributed by atoms with Crippen molar-refractivity contribution in [2.45, 2.75) is 6.54 Å². The first-order valence-corrected chi connectivity index (χ1v) is 4.97. The van der Waals surface area contributed by atoms with Gasteiger partial charge in [-0.15, -0.1) is 0 Å². The molecule has 0 radical (unpaired) electrons. The first-order chi connectivity index (χ1) is 7.34. The van der Waals surface area contributed by atoms with E-state index in [1.165, 1.54) is 6.33 Å². The quantitative estimate of drug-likeness (QED) is 0.863. The van der Waals surface area contributed by atoms with Gasteiger partial charge in [0.1, 0.15) is 12.1 Å². The minimum Gasteiger partial charge on any atom is -0.366 e. The second-order valence-electron chi connectivity index (χ2n) is 3.08. The van der Waals surface area contributed by atoms with Gasteiger partial charge in [-0.25, -0.2) is 9.97 Å². The van der Waals surface area contributed by atoms with Gasteiger partial charge in [0, 0.05) is 17.8 Å². The molecule has 1 heterocycles. The second-order valence-corrected chi connectivity index (χ2v) is 3.51. The predicted octanol–water partition coefficient (Wildman–Crippen LogP) is 2.74. The van der Waals surface area contributed by atoms with Crippen LogP contribution in [0.5, 0.6) is 0 Å². The highest BCUT2D eigenvalue weighted by molar-refractivity contribution is 6.30. The number of rotatable bonds is 3. The number of hydrogen-bond donors (Lipinski definition) is 1. The Labute approximate surface area is 93.1 Å². The van der Waals surface area contributed by atoms with Crippen LogP contribution in [-0.2, 0) is 6.54 Å². The summed E-state index contributed by atoms with van der Waals surface area (Å²) in [5.74, 6) is 0.810. The predicted molar refractivity (Wildman–Crippen MR) is 60.8 cm³/mol. The molecule has 1 N–H and O–H groups in total. The lowest BCUT2D eigenvalue weighted by molar-refractivity contribution is 1.08. The van der Waals surface area contributed by atoms with Gasteiger partial charge in [0.2, 0.25) is 0 Å². The Morgan fingerprint density at radius 2 is 2.20 bits per heavy atom. The van der Waals surface area contributed by atoms with Crippen molar-refractivity contribution in [1.82, 2.24) is 9.97 Å². The van der Waals surface area contributed by atoms with E-state index in [0.717, 1.165) is 16.4 Å². The van der Waals surface area contributed by atoms with Gasteiger partial charge in [-0.05, 0) is 23.8 Å². The molecule has 0 amide bonds. The number of hydrogen-bond acceptors (Lipinski definition) is 3. The van der Waals surface area contributed by atoms with E-state index in [1.807, 2.05) is 30.3 Å². The van der Waals surface area contributed by atoms with E-state index in [0.29, 0.717) is 6.54 Å². The van der Waals surface area contributed by atoms with Crippen molar-refractivity contribution in [2.24, 2.45) is 0 Å². The summed E-state index contributed by atoms with van der Waals surface area (Å²) >= 11 is 5.87. The van der Waals surface area contributed by atoms with E-state index in [9.17, 15) is 0 Å². The highest BCUT2D eigenvalue weighted by Crippen LogP contribution is 2.11. The fourth-order valence-electron chi connectivity index (χ4n) is 1.23. The van der Waals surface area contributed by atoms with Crippen LogP contribution in [0.1, 0.15) is 5.56 Å². The van der Waals surface area contributed by atoms with Crippen molar-refractivity contribution in [2.75, 3.05) is 5.32 Å². The van der Waals surface area contributed by atoms with Gasteiger partial charge in [0.15, 0.2) is 0 Å². The molecule has 1 aromatic heterocycles. The summed E-state index contributed by atoms with van der Waals surface area (Å²) in [5.41, 5.74) is 1.13. The van der Waals surface area contributed by atoms with Crippen molar-refractivity contribution >= 4 is 17.4 Å². The Balaban J connectivity index is 1.99. The minimum atomic E-state index is 0.706. The zero-order chi connectivity index (χ0) is 10.5. The van der Waals surface area contributed by atoms with Crippen LogP contribution < -0.4 is 5.32 Å². The molecule has 0 atom stereocenters. The van der Waals surface area contributed by atoms with Gasteiger partial charge in [-0.2, -0.15) is 0 Å². The van der Waals surface area contributed by atoms with E-state index in [-0.39, 0.29) is 0 Å². The maximum absolute atomic E-state index is 5.87. The molecule has 0 aliphatic carbocycles. The Kier molecular flexibility index (Phi) is 3.15. The van der Waals surface area contributed by atoms with Crippen LogP contribution in [0.2, 0.25) is 5.02 Å². The van der Waals surface area contributed by atoms with Crippen LogP contribution >= 0.6 is 11.6 Å². The van der Waals surface area contributed by atoms with Crippen molar-refractivity contribution in [3.8, 4) is 0 Å². The van der Waals surface area contributed by atoms with Crippen LogP contribution in [0.15, 0.2) is 42.9 Å². The van der Waals surface area contributed by atoms with Gasteiger partial charge in [0.05, 0.1) is 0 Å². The lowest BCUT2D eigenvalue weighted by Gasteiger charge is -2.04. The second kappa shape index (κ2) is 4.75. The molecular formula is C11H10ClN3. The highest BCUT2D eigenvalue weighted by Gasteiger charge is 1.95. The summed E-state index contributed by atoms with van der Waals surface area (Å²) in [4.78, 5) is 7.90. The largest absolute Gasteiger partial charge is 0.366 e. The first-order valence-electron chi connectivity index (χ1n) is 4.59. The topological polar surface area (TPSA) is 37.8 Å². The summed E-state index contributed by atoms with van der Waals surface area (Å²) in [6, 6.07) is 9.55. The Morgan fingerprint density at radius 3 is 2.93 bits per heavy atom. The molecule has 4 heteroatoms. The summed E-state index contributed by atoms with van der Waals surface area (Å²) in [6.07, 6.45) is 3.22. The molecule has 0 aliphatic heterocycles. The van der Waals surface area contributed by atoms with Crippen molar-refractivity contribution < 1.29 is 0 Å². The minimum absolute atomic E-state index is 0.706. The summed E-state index contributed by atoms with van der Waals surface area (Å²) < 4.78 is 0. The zero-order valence-electron chi connectivity index (χ0n) is 8.02. The monoisotopic (exact) mass is 219 g/mol. The van der Waals surface area contributed by atoms with E-state index in [1.54, 1.807) is 6.20 Å². The maximum Gasteiger partial charge on any atom is 0.129 e. The molecular weight excluding hydrogens is 210 g/mol. The standard InChI is InChI=1S/C11H10ClN3/c12-10-3-1-2-9(6-10)7-14-11-4-5-13-8-15-11/h1-6,8H,7H2,(H,13,14,15). The number of aromatic nitrogens is 2. The molecule has 2 aromatic rings. The van der Waals surface area contributed by atoms with Gasteiger partial charge in [0.25, 0.3) is 0 Å². The Morgan fingerprint density at radius 1 is 1.27 bits per heavy atom. The molecule has 2 rings (SSSR count). The van der Waals surface area contributed by atoms with Gasteiger partial charge >= 0.3 is 0 Å². The number of nitrogens with one attached hydrogen (secondary N) is 1. The normalized spacial score (nSPS) is 9.93. The molecule has 0 bridgehead atoms. The lowest BCUT2D eigenvalue weighted by atomic mass is 10.2. The zero-order valence-corrected chi connectivity index (χ0v) is 8.78. The average Bonchev–Trinajstić information content (AvgIpc) is 2.28. The average molecular weight is 220 g/mol. The van der Waals surface area contributed by atoms with Crippen molar-refractivity contribution in [3.63, 3.8) is 0 Å². The van der Waals surface area contributed by atoms with Crippen LogP contribution in [0.4, 0.5) is 5.82 Å². The van der Waals surface area contributed by atoms with Crippen molar-refractivity contribution in [1.29, 1.82) is 0 Å². The number of halogens is 1. The SMILES string of the molecule is Clc1cccc(CNc2ccncn2)c1. The summed E-state index contributed by atoms with van der Waals surface area (Å²) in [7, 11) is 0. The van der Waals surface area contributed by atoms with E-state index < -0.39 is 0 Å². The molecule has 76 valence electrons. The molecule has 0 unspecified atom stereocenters. The molecule has 0 saturated heterocycles. The van der Waals surface area contributed by atoms with Gasteiger partial charge in [-0.3, -0.25) is 0 Å². The Hall–Kier alpha value is -1.61. The first kappa shape index (κ1) is 9.93.